The van der Waals surface area contributed by atoms with E-state index >= 15 is 0 Å². The minimum atomic E-state index is 0.108. The second-order valence-corrected chi connectivity index (χ2v) is 15.0. The molecule has 2 aliphatic carbocycles. The molecule has 0 heterocycles. The number of rotatable bonds is 5. The predicted molar refractivity (Wildman–Crippen MR) is 174 cm³/mol. The Balaban J connectivity index is 1.63. The molecule has 0 fully saturated rings. The molecule has 6 rings (SSSR count). The Morgan fingerprint density at radius 3 is 1.37 bits per heavy atom. The van der Waals surface area contributed by atoms with Crippen molar-refractivity contribution in [1.29, 1.82) is 0 Å². The van der Waals surface area contributed by atoms with Crippen LogP contribution in [0, 0.1) is 11.8 Å². The number of hydrogen-bond acceptors (Lipinski definition) is 0. The van der Waals surface area contributed by atoms with Crippen molar-refractivity contribution in [2.45, 2.75) is 38.0 Å². The lowest BCUT2D eigenvalue weighted by atomic mass is 9.91. The van der Waals surface area contributed by atoms with Crippen LogP contribution in [-0.2, 0) is 0 Å². The van der Waals surface area contributed by atoms with E-state index in [9.17, 15) is 0 Å². The molecule has 5 unspecified atom stereocenters. The molecule has 0 amide bonds. The van der Waals surface area contributed by atoms with E-state index in [1.54, 1.807) is 0 Å². The fraction of sp³-hybridized carbons (Fsp3) is 0.222. The molecule has 0 aliphatic heterocycles. The Labute approximate surface area is 231 Å². The first-order valence-electron chi connectivity index (χ1n) is 13.7. The molecule has 6 atom stereocenters. The van der Waals surface area contributed by atoms with Crippen molar-refractivity contribution in [2.24, 2.45) is 11.8 Å². The van der Waals surface area contributed by atoms with Gasteiger partial charge in [-0.1, -0.05) is 166 Å². The zero-order valence-corrected chi connectivity index (χ0v) is 24.7. The lowest BCUT2D eigenvalue weighted by molar-refractivity contribution is 0.597. The zero-order chi connectivity index (χ0) is 26.3. The topological polar surface area (TPSA) is 0 Å². The second-order valence-electron chi connectivity index (χ2n) is 11.3. The largest absolute Gasteiger partial charge is 0.0805 e. The Morgan fingerprint density at radius 1 is 0.526 bits per heavy atom. The molecule has 0 bridgehead atoms. The van der Waals surface area contributed by atoms with Gasteiger partial charge in [0.1, 0.15) is 0 Å². The Kier molecular flexibility index (Phi) is 6.76. The molecule has 4 aromatic carbocycles. The third-order valence-corrected chi connectivity index (χ3v) is 12.4. The summed E-state index contributed by atoms with van der Waals surface area (Å²) in [6.45, 7) is 9.60. The smallest absolute Gasteiger partial charge is 0.0132 e. The first-order valence-corrected chi connectivity index (χ1v) is 15.7. The normalized spacial score (nSPS) is 27.1. The summed E-state index contributed by atoms with van der Waals surface area (Å²) < 4.78 is 0. The van der Waals surface area contributed by atoms with Gasteiger partial charge in [-0.25, -0.2) is 0 Å². The van der Waals surface area contributed by atoms with Gasteiger partial charge in [-0.3, -0.25) is 0 Å². The van der Waals surface area contributed by atoms with Crippen LogP contribution in [0.25, 0.3) is 32.7 Å². The molecular formula is C36H36P2. The molecular weight excluding hydrogens is 494 g/mol. The summed E-state index contributed by atoms with van der Waals surface area (Å²) in [4.78, 5) is 0. The van der Waals surface area contributed by atoms with Gasteiger partial charge in [-0.2, -0.15) is 0 Å². The fourth-order valence-electron chi connectivity index (χ4n) is 5.86. The maximum atomic E-state index is 2.43. The summed E-state index contributed by atoms with van der Waals surface area (Å²) in [5.41, 5.74) is 2.87. The van der Waals surface area contributed by atoms with Crippen LogP contribution in [0.4, 0.5) is 0 Å². The molecule has 2 heteroatoms. The number of hydrogen-bond donors (Lipinski definition) is 0. The fourth-order valence-corrected chi connectivity index (χ4v) is 9.13. The molecule has 0 saturated carbocycles. The van der Waals surface area contributed by atoms with Crippen molar-refractivity contribution >= 4 is 49.3 Å². The van der Waals surface area contributed by atoms with Gasteiger partial charge < -0.3 is 0 Å². The van der Waals surface area contributed by atoms with E-state index in [1.165, 1.54) is 43.3 Å². The third kappa shape index (κ3) is 4.53. The SMILES string of the molecule is CC1C=CC=CC1(C)Pc1ccc2ccccc2c1-c1c(P[C@]2(C)C=CC=CC2C)ccc2ccccc12. The van der Waals surface area contributed by atoms with E-state index in [4.69, 9.17) is 0 Å². The number of fused-ring (bicyclic) bond motifs is 2. The van der Waals surface area contributed by atoms with E-state index in [1.807, 2.05) is 0 Å². The van der Waals surface area contributed by atoms with Crippen LogP contribution in [0.5, 0.6) is 0 Å². The van der Waals surface area contributed by atoms with Crippen LogP contribution >= 0.6 is 17.2 Å². The van der Waals surface area contributed by atoms with Crippen molar-refractivity contribution < 1.29 is 0 Å². The van der Waals surface area contributed by atoms with Crippen LogP contribution in [0.15, 0.2) is 121 Å². The van der Waals surface area contributed by atoms with Crippen LogP contribution in [-0.4, -0.2) is 10.3 Å². The van der Waals surface area contributed by atoms with Gasteiger partial charge in [0.25, 0.3) is 0 Å². The van der Waals surface area contributed by atoms with Crippen molar-refractivity contribution in [2.75, 3.05) is 0 Å². The van der Waals surface area contributed by atoms with Gasteiger partial charge in [0, 0.05) is 10.3 Å². The van der Waals surface area contributed by atoms with E-state index in [0.29, 0.717) is 29.0 Å². The van der Waals surface area contributed by atoms with Gasteiger partial charge in [-0.15, -0.1) is 0 Å². The molecule has 0 nitrogen and oxygen atoms in total. The molecule has 0 aromatic heterocycles. The van der Waals surface area contributed by atoms with Gasteiger partial charge in [-0.05, 0) is 55.1 Å². The lowest BCUT2D eigenvalue weighted by Crippen LogP contribution is -2.29. The van der Waals surface area contributed by atoms with Gasteiger partial charge in [0.05, 0.1) is 0 Å². The van der Waals surface area contributed by atoms with E-state index < -0.39 is 0 Å². The molecule has 0 spiro atoms. The second kappa shape index (κ2) is 10.1. The molecule has 2 aliphatic rings. The lowest BCUT2D eigenvalue weighted by Gasteiger charge is -2.35. The highest BCUT2D eigenvalue weighted by Gasteiger charge is 2.32. The van der Waals surface area contributed by atoms with Crippen LogP contribution in [0.2, 0.25) is 0 Å². The minimum absolute atomic E-state index is 0.108. The van der Waals surface area contributed by atoms with Crippen molar-refractivity contribution in [1.82, 2.24) is 0 Å². The van der Waals surface area contributed by atoms with Gasteiger partial charge in [0.2, 0.25) is 0 Å². The third-order valence-electron chi connectivity index (χ3n) is 8.71. The Morgan fingerprint density at radius 2 is 0.947 bits per heavy atom. The maximum Gasteiger partial charge on any atom is 0.0132 e. The monoisotopic (exact) mass is 530 g/mol. The van der Waals surface area contributed by atoms with E-state index in [0.717, 1.165) is 0 Å². The van der Waals surface area contributed by atoms with Gasteiger partial charge in [0.15, 0.2) is 0 Å². The Hall–Kier alpha value is -2.78. The van der Waals surface area contributed by atoms with Crippen LogP contribution in [0.1, 0.15) is 27.7 Å². The molecule has 0 radical (unpaired) electrons. The van der Waals surface area contributed by atoms with E-state index in [2.05, 4.69) is 149 Å². The van der Waals surface area contributed by atoms with Gasteiger partial charge >= 0.3 is 0 Å². The summed E-state index contributed by atoms with van der Waals surface area (Å²) in [5, 5.41) is 8.52. The van der Waals surface area contributed by atoms with Crippen molar-refractivity contribution in [3.8, 4) is 11.1 Å². The first-order chi connectivity index (χ1) is 18.4. The first kappa shape index (κ1) is 25.5. The minimum Gasteiger partial charge on any atom is -0.0805 e. The number of benzene rings is 4. The standard InChI is InChI=1S/C36H36P2/c1-25-13-9-11-23-35(25,3)37-31-21-19-27-15-5-7-17-29(27)33(31)34-30-18-8-6-16-28(30)20-22-32(34)38-36(4)24-12-10-14-26(36)2/h5-26,37-38H,1-4H3/t25?,26?,35-,36?/m1/s1. The summed E-state index contributed by atoms with van der Waals surface area (Å²) in [6.07, 6.45) is 18.5. The zero-order valence-electron chi connectivity index (χ0n) is 22.7. The van der Waals surface area contributed by atoms with Crippen LogP contribution < -0.4 is 10.6 Å². The maximum absolute atomic E-state index is 2.43. The summed E-state index contributed by atoms with van der Waals surface area (Å²) in [5.74, 6) is 0.996. The summed E-state index contributed by atoms with van der Waals surface area (Å²) in [6, 6.07) is 27.5. The van der Waals surface area contributed by atoms with Crippen molar-refractivity contribution in [3.05, 3.63) is 121 Å². The summed E-state index contributed by atoms with van der Waals surface area (Å²) in [7, 11) is 1.35. The summed E-state index contributed by atoms with van der Waals surface area (Å²) >= 11 is 0. The highest BCUT2D eigenvalue weighted by Crippen LogP contribution is 2.48. The Bertz CT molecular complexity index is 1520. The highest BCUT2D eigenvalue weighted by atomic mass is 31.1. The molecule has 0 N–H and O–H groups in total. The van der Waals surface area contributed by atoms with E-state index in [-0.39, 0.29) is 10.3 Å². The van der Waals surface area contributed by atoms with Crippen molar-refractivity contribution in [3.63, 3.8) is 0 Å². The molecule has 190 valence electrons. The number of allylic oxidation sites excluding steroid dienone is 8. The quantitative estimate of drug-likeness (QED) is 0.226. The average Bonchev–Trinajstić information content (AvgIpc) is 2.92. The molecule has 38 heavy (non-hydrogen) atoms. The molecule has 4 aromatic rings. The highest BCUT2D eigenvalue weighted by molar-refractivity contribution is 7.50. The predicted octanol–water partition coefficient (Wildman–Crippen LogP) is 9.31. The van der Waals surface area contributed by atoms with Crippen LogP contribution in [0.3, 0.4) is 0 Å². The average molecular weight is 531 g/mol. The molecule has 0 saturated heterocycles.